The molecular weight excluding hydrogens is 232 g/mol. The van der Waals surface area contributed by atoms with Gasteiger partial charge >= 0.3 is 0 Å². The third kappa shape index (κ3) is 3.01. The Hall–Kier alpha value is -0.860. The smallest absolute Gasteiger partial charge is 0.0239 e. The molecule has 2 heterocycles. The third-order valence-electron chi connectivity index (χ3n) is 4.80. The molecule has 0 bridgehead atoms. The van der Waals surface area contributed by atoms with E-state index in [4.69, 9.17) is 0 Å². The summed E-state index contributed by atoms with van der Waals surface area (Å²) < 4.78 is 0. The van der Waals surface area contributed by atoms with E-state index in [1.807, 2.05) is 0 Å². The van der Waals surface area contributed by atoms with E-state index in [1.54, 1.807) is 11.1 Å². The zero-order valence-electron chi connectivity index (χ0n) is 12.1. The lowest BCUT2D eigenvalue weighted by molar-refractivity contribution is 0.204. The lowest BCUT2D eigenvalue weighted by atomic mass is 9.95. The molecule has 1 unspecified atom stereocenters. The topological polar surface area (TPSA) is 15.3 Å². The summed E-state index contributed by atoms with van der Waals surface area (Å²) in [5, 5.41) is 3.48. The van der Waals surface area contributed by atoms with E-state index in [2.05, 4.69) is 35.3 Å². The fourth-order valence-electron chi connectivity index (χ4n) is 3.55. The van der Waals surface area contributed by atoms with Crippen LogP contribution in [0.1, 0.15) is 49.3 Å². The van der Waals surface area contributed by atoms with Gasteiger partial charge < -0.3 is 5.32 Å². The van der Waals surface area contributed by atoms with Gasteiger partial charge in [0.05, 0.1) is 0 Å². The molecule has 1 aromatic rings. The fourth-order valence-corrected chi connectivity index (χ4v) is 3.55. The highest BCUT2D eigenvalue weighted by atomic mass is 15.1. The Labute approximate surface area is 117 Å². The standard InChI is InChI=1S/C17H26N2/c1-14-6-3-2-4-11-19(14)13-16-8-5-7-15-12-18-10-9-17(15)16/h5,7-8,14,18H,2-4,6,9-13H2,1H3. The first-order valence-electron chi connectivity index (χ1n) is 7.89. The van der Waals surface area contributed by atoms with Crippen LogP contribution in [0.3, 0.4) is 0 Å². The molecule has 0 aliphatic carbocycles. The van der Waals surface area contributed by atoms with Gasteiger partial charge in [0.25, 0.3) is 0 Å². The zero-order chi connectivity index (χ0) is 13.1. The lowest BCUT2D eigenvalue weighted by Crippen LogP contribution is -2.33. The highest BCUT2D eigenvalue weighted by Crippen LogP contribution is 2.23. The molecule has 1 N–H and O–H groups in total. The van der Waals surface area contributed by atoms with Gasteiger partial charge in [-0.15, -0.1) is 0 Å². The molecule has 104 valence electrons. The van der Waals surface area contributed by atoms with Gasteiger partial charge in [0, 0.05) is 19.1 Å². The van der Waals surface area contributed by atoms with Crippen LogP contribution in [0, 0.1) is 0 Å². The van der Waals surface area contributed by atoms with Crippen molar-refractivity contribution in [3.63, 3.8) is 0 Å². The molecule has 0 spiro atoms. The normalized spacial score (nSPS) is 24.8. The number of likely N-dealkylation sites (tertiary alicyclic amines) is 1. The van der Waals surface area contributed by atoms with Crippen LogP contribution < -0.4 is 5.32 Å². The van der Waals surface area contributed by atoms with E-state index in [-0.39, 0.29) is 0 Å². The van der Waals surface area contributed by atoms with Gasteiger partial charge in [-0.1, -0.05) is 31.0 Å². The number of fused-ring (bicyclic) bond motifs is 1. The van der Waals surface area contributed by atoms with Crippen molar-refractivity contribution >= 4 is 0 Å². The van der Waals surface area contributed by atoms with Crippen molar-refractivity contribution in [2.24, 2.45) is 0 Å². The maximum absolute atomic E-state index is 3.48. The molecule has 0 radical (unpaired) electrons. The second-order valence-corrected chi connectivity index (χ2v) is 6.15. The molecule has 3 rings (SSSR count). The van der Waals surface area contributed by atoms with Crippen molar-refractivity contribution in [3.05, 3.63) is 34.9 Å². The highest BCUT2D eigenvalue weighted by molar-refractivity contribution is 5.37. The Morgan fingerprint density at radius 3 is 3.16 bits per heavy atom. The molecule has 1 aromatic carbocycles. The van der Waals surface area contributed by atoms with Crippen LogP contribution in [0.15, 0.2) is 18.2 Å². The Balaban J connectivity index is 1.78. The first-order chi connectivity index (χ1) is 9.34. The Morgan fingerprint density at radius 1 is 1.26 bits per heavy atom. The molecule has 2 nitrogen and oxygen atoms in total. The fraction of sp³-hybridized carbons (Fsp3) is 0.647. The second kappa shape index (κ2) is 6.06. The SMILES string of the molecule is CC1CCCCCN1Cc1cccc2c1CCNC2. The summed E-state index contributed by atoms with van der Waals surface area (Å²) in [5.41, 5.74) is 4.72. The van der Waals surface area contributed by atoms with Crippen LogP contribution >= 0.6 is 0 Å². The largest absolute Gasteiger partial charge is 0.312 e. The third-order valence-corrected chi connectivity index (χ3v) is 4.80. The van der Waals surface area contributed by atoms with Crippen LogP contribution in [0.25, 0.3) is 0 Å². The molecule has 0 amide bonds. The predicted octanol–water partition coefficient (Wildman–Crippen LogP) is 3.10. The van der Waals surface area contributed by atoms with E-state index < -0.39 is 0 Å². The van der Waals surface area contributed by atoms with Gasteiger partial charge in [0.1, 0.15) is 0 Å². The summed E-state index contributed by atoms with van der Waals surface area (Å²) in [5.74, 6) is 0. The Bertz CT molecular complexity index is 427. The van der Waals surface area contributed by atoms with E-state index in [9.17, 15) is 0 Å². The first-order valence-corrected chi connectivity index (χ1v) is 7.89. The molecule has 2 aliphatic rings. The van der Waals surface area contributed by atoms with Gasteiger partial charge in [0.15, 0.2) is 0 Å². The number of nitrogens with zero attached hydrogens (tertiary/aromatic N) is 1. The summed E-state index contributed by atoms with van der Waals surface area (Å²) in [4.78, 5) is 2.70. The van der Waals surface area contributed by atoms with Crippen molar-refractivity contribution in [2.75, 3.05) is 13.1 Å². The number of hydrogen-bond donors (Lipinski definition) is 1. The van der Waals surface area contributed by atoms with E-state index in [0.717, 1.165) is 25.7 Å². The molecule has 1 atom stereocenters. The Kier molecular flexibility index (Phi) is 4.19. The first kappa shape index (κ1) is 13.1. The summed E-state index contributed by atoms with van der Waals surface area (Å²) in [6.07, 6.45) is 6.78. The minimum absolute atomic E-state index is 0.750. The van der Waals surface area contributed by atoms with E-state index in [0.29, 0.717) is 0 Å². The van der Waals surface area contributed by atoms with Gasteiger partial charge in [-0.05, 0) is 56.0 Å². The average Bonchev–Trinajstić information content (AvgIpc) is 2.65. The summed E-state index contributed by atoms with van der Waals surface area (Å²) in [6, 6.07) is 7.63. The molecule has 19 heavy (non-hydrogen) atoms. The van der Waals surface area contributed by atoms with E-state index >= 15 is 0 Å². The Morgan fingerprint density at radius 2 is 2.21 bits per heavy atom. The lowest BCUT2D eigenvalue weighted by Gasteiger charge is -2.29. The van der Waals surface area contributed by atoms with Gasteiger partial charge in [-0.3, -0.25) is 4.90 Å². The predicted molar refractivity (Wildman–Crippen MR) is 80.2 cm³/mol. The van der Waals surface area contributed by atoms with Gasteiger partial charge in [0.2, 0.25) is 0 Å². The maximum atomic E-state index is 3.48. The minimum atomic E-state index is 0.750. The van der Waals surface area contributed by atoms with Crippen molar-refractivity contribution < 1.29 is 0 Å². The van der Waals surface area contributed by atoms with Crippen molar-refractivity contribution in [1.29, 1.82) is 0 Å². The molecule has 1 saturated heterocycles. The molecular formula is C17H26N2. The van der Waals surface area contributed by atoms with Crippen LogP contribution in [0.4, 0.5) is 0 Å². The van der Waals surface area contributed by atoms with E-state index in [1.165, 1.54) is 44.2 Å². The quantitative estimate of drug-likeness (QED) is 0.877. The van der Waals surface area contributed by atoms with Crippen LogP contribution in [0.5, 0.6) is 0 Å². The number of rotatable bonds is 2. The van der Waals surface area contributed by atoms with Crippen molar-refractivity contribution in [3.8, 4) is 0 Å². The molecule has 2 aliphatic heterocycles. The molecule has 2 heteroatoms. The number of nitrogens with one attached hydrogen (secondary N) is 1. The van der Waals surface area contributed by atoms with Crippen LogP contribution in [-0.4, -0.2) is 24.0 Å². The van der Waals surface area contributed by atoms with Crippen LogP contribution in [0.2, 0.25) is 0 Å². The molecule has 1 fully saturated rings. The zero-order valence-corrected chi connectivity index (χ0v) is 12.1. The molecule has 0 aromatic heterocycles. The summed E-state index contributed by atoms with van der Waals surface area (Å²) in [7, 11) is 0. The second-order valence-electron chi connectivity index (χ2n) is 6.15. The number of hydrogen-bond acceptors (Lipinski definition) is 2. The van der Waals surface area contributed by atoms with Crippen molar-refractivity contribution in [1.82, 2.24) is 10.2 Å². The monoisotopic (exact) mass is 258 g/mol. The van der Waals surface area contributed by atoms with Gasteiger partial charge in [-0.2, -0.15) is 0 Å². The number of benzene rings is 1. The maximum Gasteiger partial charge on any atom is 0.0239 e. The van der Waals surface area contributed by atoms with Crippen molar-refractivity contribution in [2.45, 2.75) is 58.2 Å². The average molecular weight is 258 g/mol. The molecule has 0 saturated carbocycles. The van der Waals surface area contributed by atoms with Crippen LogP contribution in [-0.2, 0) is 19.5 Å². The highest BCUT2D eigenvalue weighted by Gasteiger charge is 2.19. The summed E-state index contributed by atoms with van der Waals surface area (Å²) in [6.45, 7) is 7.04. The summed E-state index contributed by atoms with van der Waals surface area (Å²) >= 11 is 0. The minimum Gasteiger partial charge on any atom is -0.312 e. The van der Waals surface area contributed by atoms with Gasteiger partial charge in [-0.25, -0.2) is 0 Å².